The molecule has 0 spiro atoms. The first-order chi connectivity index (χ1) is 12.3. The highest BCUT2D eigenvalue weighted by molar-refractivity contribution is 7.92. The van der Waals surface area contributed by atoms with Crippen LogP contribution in [-0.4, -0.2) is 31.2 Å². The van der Waals surface area contributed by atoms with Gasteiger partial charge in [0.15, 0.2) is 9.84 Å². The van der Waals surface area contributed by atoms with Crippen molar-refractivity contribution in [2.75, 3.05) is 11.1 Å². The number of carbonyl (C=O) groups excluding carboxylic acids is 1. The second kappa shape index (κ2) is 6.97. The lowest BCUT2D eigenvalue weighted by Crippen LogP contribution is -2.23. The summed E-state index contributed by atoms with van der Waals surface area (Å²) < 4.78 is 25.0. The van der Waals surface area contributed by atoms with Crippen molar-refractivity contribution in [2.24, 2.45) is 0 Å². The van der Waals surface area contributed by atoms with Gasteiger partial charge >= 0.3 is 5.97 Å². The lowest BCUT2D eigenvalue weighted by molar-refractivity contribution is -0.113. The molecule has 7 heteroatoms. The standard InChI is InChI=1S/C19H15NO5S/c21-18(20-16-8-5-14(6-9-16)19(22)23)12-26(24,25)17-10-7-13-3-1-2-4-15(13)11-17/h1-11H,12H2,(H,20,21)(H,22,23). The number of aromatic carboxylic acids is 1. The minimum absolute atomic E-state index is 0.0757. The fourth-order valence-electron chi connectivity index (χ4n) is 2.51. The SMILES string of the molecule is O=C(CS(=O)(=O)c1ccc2ccccc2c1)Nc1ccc(C(=O)O)cc1. The molecule has 3 rings (SSSR count). The average molecular weight is 369 g/mol. The smallest absolute Gasteiger partial charge is 0.335 e. The first-order valence-electron chi connectivity index (χ1n) is 7.70. The third-order valence-corrected chi connectivity index (χ3v) is 5.43. The third kappa shape index (κ3) is 3.89. The number of nitrogens with one attached hydrogen (secondary N) is 1. The number of carbonyl (C=O) groups is 2. The maximum absolute atomic E-state index is 12.5. The summed E-state index contributed by atoms with van der Waals surface area (Å²) in [4.78, 5) is 23.0. The summed E-state index contributed by atoms with van der Waals surface area (Å²) in [7, 11) is -3.80. The molecule has 0 unspecified atom stereocenters. The summed E-state index contributed by atoms with van der Waals surface area (Å²) in [5.41, 5.74) is 0.403. The Labute approximate surface area is 150 Å². The number of benzene rings is 3. The molecule has 0 fully saturated rings. The highest BCUT2D eigenvalue weighted by Gasteiger charge is 2.20. The molecule has 3 aromatic rings. The molecule has 1 amide bonds. The Bertz CT molecular complexity index is 1090. The van der Waals surface area contributed by atoms with E-state index in [0.717, 1.165) is 10.8 Å². The second-order valence-electron chi connectivity index (χ2n) is 5.70. The van der Waals surface area contributed by atoms with E-state index in [2.05, 4.69) is 5.32 Å². The fraction of sp³-hybridized carbons (Fsp3) is 0.0526. The zero-order valence-corrected chi connectivity index (χ0v) is 14.4. The summed E-state index contributed by atoms with van der Waals surface area (Å²) in [5.74, 6) is -2.48. The number of carboxylic acid groups (broad SMARTS) is 1. The molecule has 0 aliphatic carbocycles. The molecule has 0 saturated carbocycles. The Morgan fingerprint density at radius 3 is 2.19 bits per heavy atom. The van der Waals surface area contributed by atoms with E-state index >= 15 is 0 Å². The molecule has 26 heavy (non-hydrogen) atoms. The van der Waals surface area contributed by atoms with Gasteiger partial charge in [0.25, 0.3) is 0 Å². The van der Waals surface area contributed by atoms with Gasteiger partial charge in [0.1, 0.15) is 5.75 Å². The van der Waals surface area contributed by atoms with Crippen molar-refractivity contribution < 1.29 is 23.1 Å². The van der Waals surface area contributed by atoms with E-state index < -0.39 is 27.5 Å². The van der Waals surface area contributed by atoms with Crippen LogP contribution in [0.25, 0.3) is 10.8 Å². The molecule has 0 aliphatic heterocycles. The monoisotopic (exact) mass is 369 g/mol. The second-order valence-corrected chi connectivity index (χ2v) is 7.69. The molecule has 0 saturated heterocycles. The van der Waals surface area contributed by atoms with Gasteiger partial charge in [0, 0.05) is 5.69 Å². The largest absolute Gasteiger partial charge is 0.478 e. The Balaban J connectivity index is 1.75. The summed E-state index contributed by atoms with van der Waals surface area (Å²) in [6, 6.07) is 17.5. The van der Waals surface area contributed by atoms with Crippen LogP contribution in [0, 0.1) is 0 Å². The number of hydrogen-bond acceptors (Lipinski definition) is 4. The third-order valence-electron chi connectivity index (χ3n) is 3.82. The van der Waals surface area contributed by atoms with Gasteiger partial charge in [0.05, 0.1) is 10.5 Å². The Morgan fingerprint density at radius 2 is 1.54 bits per heavy atom. The number of fused-ring (bicyclic) bond motifs is 1. The van der Waals surface area contributed by atoms with Crippen LogP contribution in [0.15, 0.2) is 71.6 Å². The lowest BCUT2D eigenvalue weighted by atomic mass is 10.1. The Hall–Kier alpha value is -3.19. The van der Waals surface area contributed by atoms with E-state index in [4.69, 9.17) is 5.11 Å². The van der Waals surface area contributed by atoms with Gasteiger partial charge in [-0.1, -0.05) is 30.3 Å². The van der Waals surface area contributed by atoms with Crippen LogP contribution in [-0.2, 0) is 14.6 Å². The predicted octanol–water partition coefficient (Wildman–Crippen LogP) is 2.95. The normalized spacial score (nSPS) is 11.2. The first kappa shape index (κ1) is 17.6. The minimum atomic E-state index is -3.80. The predicted molar refractivity (Wildman–Crippen MR) is 98.0 cm³/mol. The van der Waals surface area contributed by atoms with Crippen LogP contribution in [0.1, 0.15) is 10.4 Å². The van der Waals surface area contributed by atoms with Crippen molar-refractivity contribution >= 4 is 38.2 Å². The number of amides is 1. The van der Waals surface area contributed by atoms with Gasteiger partial charge in [-0.25, -0.2) is 13.2 Å². The average Bonchev–Trinajstić information content (AvgIpc) is 2.61. The number of rotatable bonds is 5. The molecule has 132 valence electrons. The van der Waals surface area contributed by atoms with Crippen molar-refractivity contribution in [3.05, 3.63) is 72.3 Å². The molecular formula is C19H15NO5S. The molecule has 0 aliphatic rings. The topological polar surface area (TPSA) is 101 Å². The van der Waals surface area contributed by atoms with Gasteiger partial charge in [0.2, 0.25) is 5.91 Å². The molecule has 3 aromatic carbocycles. The van der Waals surface area contributed by atoms with Gasteiger partial charge in [-0.3, -0.25) is 4.79 Å². The van der Waals surface area contributed by atoms with Gasteiger partial charge < -0.3 is 10.4 Å². The van der Waals surface area contributed by atoms with Crippen molar-refractivity contribution in [2.45, 2.75) is 4.90 Å². The minimum Gasteiger partial charge on any atom is -0.478 e. The lowest BCUT2D eigenvalue weighted by Gasteiger charge is -2.08. The maximum Gasteiger partial charge on any atom is 0.335 e. The number of sulfone groups is 1. The maximum atomic E-state index is 12.5. The van der Waals surface area contributed by atoms with E-state index in [9.17, 15) is 18.0 Å². The highest BCUT2D eigenvalue weighted by atomic mass is 32.2. The van der Waals surface area contributed by atoms with Crippen molar-refractivity contribution in [1.29, 1.82) is 0 Å². The van der Waals surface area contributed by atoms with Crippen molar-refractivity contribution in [3.8, 4) is 0 Å². The number of carboxylic acids is 1. The summed E-state index contributed by atoms with van der Waals surface area (Å²) in [5, 5.41) is 13.0. The first-order valence-corrected chi connectivity index (χ1v) is 9.35. The van der Waals surface area contributed by atoms with Crippen molar-refractivity contribution in [1.82, 2.24) is 0 Å². The summed E-state index contributed by atoms with van der Waals surface area (Å²) >= 11 is 0. The molecule has 0 heterocycles. The molecule has 0 radical (unpaired) electrons. The van der Waals surface area contributed by atoms with Crippen LogP contribution >= 0.6 is 0 Å². The number of anilines is 1. The van der Waals surface area contributed by atoms with Gasteiger partial charge in [-0.05, 0) is 47.2 Å². The van der Waals surface area contributed by atoms with E-state index in [1.165, 1.54) is 30.3 Å². The van der Waals surface area contributed by atoms with Crippen LogP contribution in [0.4, 0.5) is 5.69 Å². The van der Waals surface area contributed by atoms with Crippen molar-refractivity contribution in [3.63, 3.8) is 0 Å². The van der Waals surface area contributed by atoms with Crippen LogP contribution in [0.2, 0.25) is 0 Å². The summed E-state index contributed by atoms with van der Waals surface area (Å²) in [6.45, 7) is 0. The molecule has 6 nitrogen and oxygen atoms in total. The molecular weight excluding hydrogens is 354 g/mol. The van der Waals surface area contributed by atoms with Crippen LogP contribution in [0.3, 0.4) is 0 Å². The van der Waals surface area contributed by atoms with Gasteiger partial charge in [-0.2, -0.15) is 0 Å². The van der Waals surface area contributed by atoms with Gasteiger partial charge in [-0.15, -0.1) is 0 Å². The molecule has 0 bridgehead atoms. The Morgan fingerprint density at radius 1 is 0.885 bits per heavy atom. The Kier molecular flexibility index (Phi) is 4.73. The van der Waals surface area contributed by atoms with Crippen LogP contribution in [0.5, 0.6) is 0 Å². The molecule has 0 aromatic heterocycles. The zero-order valence-electron chi connectivity index (χ0n) is 13.5. The van der Waals surface area contributed by atoms with E-state index in [1.54, 1.807) is 18.2 Å². The van der Waals surface area contributed by atoms with E-state index in [0.29, 0.717) is 5.69 Å². The van der Waals surface area contributed by atoms with Crippen LogP contribution < -0.4 is 5.32 Å². The fourth-order valence-corrected chi connectivity index (χ4v) is 3.68. The van der Waals surface area contributed by atoms with E-state index in [1.807, 2.05) is 18.2 Å². The number of hydrogen-bond donors (Lipinski definition) is 2. The summed E-state index contributed by atoms with van der Waals surface area (Å²) in [6.07, 6.45) is 0. The highest BCUT2D eigenvalue weighted by Crippen LogP contribution is 2.20. The molecule has 2 N–H and O–H groups in total. The van der Waals surface area contributed by atoms with E-state index in [-0.39, 0.29) is 10.5 Å². The molecule has 0 atom stereocenters. The zero-order chi connectivity index (χ0) is 18.7. The quantitative estimate of drug-likeness (QED) is 0.720.